The maximum absolute atomic E-state index is 13.3. The second kappa shape index (κ2) is 4.75. The van der Waals surface area contributed by atoms with E-state index in [4.69, 9.17) is 0 Å². The summed E-state index contributed by atoms with van der Waals surface area (Å²) in [5.74, 6) is -3.99. The lowest BCUT2D eigenvalue weighted by Crippen LogP contribution is -2.01. The number of benzene rings is 1. The number of pyridine rings is 1. The molecule has 0 bridgehead atoms. The zero-order chi connectivity index (χ0) is 12.4. The van der Waals surface area contributed by atoms with Crippen LogP contribution in [-0.4, -0.2) is 4.98 Å². The number of rotatable bonds is 2. The summed E-state index contributed by atoms with van der Waals surface area (Å²) >= 11 is 3.23. The minimum absolute atomic E-state index is 0.365. The lowest BCUT2D eigenvalue weighted by molar-refractivity contribution is 0.467. The van der Waals surface area contributed by atoms with Gasteiger partial charge in [0.25, 0.3) is 5.95 Å². The molecular formula is C11H6BrF3N2. The van der Waals surface area contributed by atoms with E-state index in [-0.39, 0.29) is 5.82 Å². The van der Waals surface area contributed by atoms with Crippen LogP contribution < -0.4 is 5.32 Å². The molecule has 2 aromatic rings. The van der Waals surface area contributed by atoms with Crippen molar-refractivity contribution < 1.29 is 13.2 Å². The van der Waals surface area contributed by atoms with Crippen LogP contribution in [0.5, 0.6) is 0 Å². The molecule has 17 heavy (non-hydrogen) atoms. The van der Waals surface area contributed by atoms with Gasteiger partial charge in [-0.3, -0.25) is 0 Å². The van der Waals surface area contributed by atoms with E-state index in [2.05, 4.69) is 26.2 Å². The van der Waals surface area contributed by atoms with E-state index in [1.165, 1.54) is 0 Å². The molecule has 0 fully saturated rings. The minimum Gasteiger partial charge on any atom is -0.337 e. The van der Waals surface area contributed by atoms with Gasteiger partial charge in [0.05, 0.1) is 5.69 Å². The van der Waals surface area contributed by atoms with Crippen molar-refractivity contribution in [3.63, 3.8) is 0 Å². The van der Waals surface area contributed by atoms with E-state index in [0.717, 1.165) is 0 Å². The normalized spacial score (nSPS) is 10.4. The first-order chi connectivity index (χ1) is 8.08. The van der Waals surface area contributed by atoms with Crippen LogP contribution in [0.15, 0.2) is 34.8 Å². The Labute approximate surface area is 104 Å². The Kier molecular flexibility index (Phi) is 3.33. The van der Waals surface area contributed by atoms with Crippen LogP contribution in [0.1, 0.15) is 0 Å². The summed E-state index contributed by atoms with van der Waals surface area (Å²) < 4.78 is 39.5. The van der Waals surface area contributed by atoms with Crippen LogP contribution in [0.2, 0.25) is 0 Å². The van der Waals surface area contributed by atoms with Crippen molar-refractivity contribution in [1.82, 2.24) is 4.98 Å². The lowest BCUT2D eigenvalue weighted by atomic mass is 10.3. The van der Waals surface area contributed by atoms with E-state index < -0.39 is 17.6 Å². The minimum atomic E-state index is -1.35. The van der Waals surface area contributed by atoms with Gasteiger partial charge in [0.2, 0.25) is 0 Å². The summed E-state index contributed by atoms with van der Waals surface area (Å²) in [7, 11) is 0. The fourth-order valence-electron chi connectivity index (χ4n) is 1.22. The van der Waals surface area contributed by atoms with Gasteiger partial charge >= 0.3 is 0 Å². The van der Waals surface area contributed by atoms with Gasteiger partial charge in [0, 0.05) is 10.5 Å². The van der Waals surface area contributed by atoms with Gasteiger partial charge < -0.3 is 5.32 Å². The van der Waals surface area contributed by atoms with Crippen molar-refractivity contribution in [3.8, 4) is 0 Å². The number of halogens is 4. The highest BCUT2D eigenvalue weighted by Gasteiger charge is 2.12. The second-order valence-corrected chi connectivity index (χ2v) is 4.05. The first-order valence-electron chi connectivity index (χ1n) is 4.61. The van der Waals surface area contributed by atoms with E-state index in [9.17, 15) is 13.2 Å². The predicted molar refractivity (Wildman–Crippen MR) is 61.5 cm³/mol. The van der Waals surface area contributed by atoms with Gasteiger partial charge in [-0.25, -0.2) is 8.78 Å². The topological polar surface area (TPSA) is 24.9 Å². The molecule has 0 amide bonds. The monoisotopic (exact) mass is 302 g/mol. The molecule has 88 valence electrons. The van der Waals surface area contributed by atoms with E-state index in [0.29, 0.717) is 16.2 Å². The molecule has 0 spiro atoms. The van der Waals surface area contributed by atoms with Crippen LogP contribution in [0.3, 0.4) is 0 Å². The molecule has 6 heteroatoms. The highest BCUT2D eigenvalue weighted by molar-refractivity contribution is 9.10. The molecule has 0 saturated heterocycles. The van der Waals surface area contributed by atoms with Crippen LogP contribution in [0.4, 0.5) is 24.7 Å². The molecule has 2 nitrogen and oxygen atoms in total. The van der Waals surface area contributed by atoms with Crippen molar-refractivity contribution in [1.29, 1.82) is 0 Å². The van der Waals surface area contributed by atoms with E-state index in [1.54, 1.807) is 24.3 Å². The third-order valence-corrected chi connectivity index (χ3v) is 2.71. The molecule has 1 N–H and O–H groups in total. The number of para-hydroxylation sites is 1. The Morgan fingerprint density at radius 1 is 1.06 bits per heavy atom. The Balaban J connectivity index is 2.37. The molecule has 1 heterocycles. The molecule has 0 radical (unpaired) electrons. The molecule has 2 rings (SSSR count). The van der Waals surface area contributed by atoms with Crippen LogP contribution >= 0.6 is 15.9 Å². The molecule has 1 aromatic carbocycles. The van der Waals surface area contributed by atoms with Gasteiger partial charge in [0.15, 0.2) is 17.5 Å². The summed E-state index contributed by atoms with van der Waals surface area (Å²) in [6, 6.07) is 7.29. The smallest absolute Gasteiger partial charge is 0.251 e. The summed E-state index contributed by atoms with van der Waals surface area (Å²) in [5.41, 5.74) is 0.505. The van der Waals surface area contributed by atoms with Crippen LogP contribution in [0, 0.1) is 17.6 Å². The number of nitrogens with zero attached hydrogens (tertiary/aromatic N) is 1. The number of hydrogen-bond acceptors (Lipinski definition) is 2. The molecule has 0 aliphatic heterocycles. The van der Waals surface area contributed by atoms with Crippen molar-refractivity contribution >= 4 is 27.4 Å². The predicted octanol–water partition coefficient (Wildman–Crippen LogP) is 4.00. The Morgan fingerprint density at radius 2 is 1.76 bits per heavy atom. The van der Waals surface area contributed by atoms with Gasteiger partial charge in [0.1, 0.15) is 0 Å². The molecular weight excluding hydrogens is 297 g/mol. The number of hydrogen-bond donors (Lipinski definition) is 1. The highest BCUT2D eigenvalue weighted by Crippen LogP contribution is 2.26. The van der Waals surface area contributed by atoms with Gasteiger partial charge in [-0.2, -0.15) is 9.37 Å². The molecule has 0 saturated carbocycles. The maximum atomic E-state index is 13.3. The van der Waals surface area contributed by atoms with E-state index >= 15 is 0 Å². The Morgan fingerprint density at radius 3 is 2.47 bits per heavy atom. The molecule has 0 aliphatic rings. The molecule has 0 atom stereocenters. The zero-order valence-electron chi connectivity index (χ0n) is 8.35. The van der Waals surface area contributed by atoms with Gasteiger partial charge in [-0.05, 0) is 28.1 Å². The van der Waals surface area contributed by atoms with Gasteiger partial charge in [-0.15, -0.1) is 0 Å². The van der Waals surface area contributed by atoms with Crippen molar-refractivity contribution in [2.24, 2.45) is 0 Å². The van der Waals surface area contributed by atoms with Gasteiger partial charge in [-0.1, -0.05) is 12.1 Å². The zero-order valence-corrected chi connectivity index (χ0v) is 9.93. The quantitative estimate of drug-likeness (QED) is 0.848. The van der Waals surface area contributed by atoms with Crippen molar-refractivity contribution in [2.75, 3.05) is 5.32 Å². The third-order valence-electron chi connectivity index (χ3n) is 2.01. The Hall–Kier alpha value is -1.56. The molecule has 0 aliphatic carbocycles. The standard InChI is InChI=1S/C11H6BrF3N2/c12-6-3-1-2-4-9(6)16-11-8(14)5-7(13)10(15)17-11/h1-5H,(H,16,17). The van der Waals surface area contributed by atoms with Crippen LogP contribution in [0.25, 0.3) is 0 Å². The first-order valence-corrected chi connectivity index (χ1v) is 5.40. The first kappa shape index (κ1) is 11.9. The molecule has 0 unspecified atom stereocenters. The SMILES string of the molecule is Fc1cc(F)c(Nc2ccccc2Br)nc1F. The van der Waals surface area contributed by atoms with Crippen LogP contribution in [-0.2, 0) is 0 Å². The largest absolute Gasteiger partial charge is 0.337 e. The maximum Gasteiger partial charge on any atom is 0.251 e. The molecule has 1 aromatic heterocycles. The highest BCUT2D eigenvalue weighted by atomic mass is 79.9. The van der Waals surface area contributed by atoms with E-state index in [1.807, 2.05) is 0 Å². The van der Waals surface area contributed by atoms with Crippen molar-refractivity contribution in [3.05, 3.63) is 52.4 Å². The summed E-state index contributed by atoms with van der Waals surface area (Å²) in [4.78, 5) is 3.16. The summed E-state index contributed by atoms with van der Waals surface area (Å²) in [6.45, 7) is 0. The second-order valence-electron chi connectivity index (χ2n) is 3.20. The number of aromatic nitrogens is 1. The average Bonchev–Trinajstić information content (AvgIpc) is 2.29. The fourth-order valence-corrected chi connectivity index (χ4v) is 1.61. The summed E-state index contributed by atoms with van der Waals surface area (Å²) in [5, 5.41) is 2.57. The number of nitrogens with one attached hydrogen (secondary N) is 1. The number of anilines is 2. The average molecular weight is 303 g/mol. The fraction of sp³-hybridized carbons (Fsp3) is 0. The Bertz CT molecular complexity index is 560. The summed E-state index contributed by atoms with van der Waals surface area (Å²) in [6.07, 6.45) is 0. The van der Waals surface area contributed by atoms with Crippen molar-refractivity contribution in [2.45, 2.75) is 0 Å². The third kappa shape index (κ3) is 2.58. The lowest BCUT2D eigenvalue weighted by Gasteiger charge is -2.08.